The van der Waals surface area contributed by atoms with Crippen LogP contribution in [0.3, 0.4) is 0 Å². The zero-order chi connectivity index (χ0) is 18.1. The van der Waals surface area contributed by atoms with Crippen LogP contribution in [0.2, 0.25) is 0 Å². The highest BCUT2D eigenvalue weighted by molar-refractivity contribution is 5.85. The quantitative estimate of drug-likeness (QED) is 0.703. The van der Waals surface area contributed by atoms with E-state index in [1.807, 2.05) is 0 Å². The fourth-order valence-corrected chi connectivity index (χ4v) is 8.53. The second-order valence-electron chi connectivity index (χ2n) is 10.5. The Morgan fingerprint density at radius 2 is 1.92 bits per heavy atom. The molecule has 0 aromatic heterocycles. The maximum Gasteiger partial charge on any atom is 0.331 e. The van der Waals surface area contributed by atoms with E-state index in [2.05, 4.69) is 13.8 Å². The summed E-state index contributed by atoms with van der Waals surface area (Å²) < 4.78 is 5.22. The molecule has 0 aromatic carbocycles. The minimum absolute atomic E-state index is 0.137. The molecule has 4 saturated carbocycles. The summed E-state index contributed by atoms with van der Waals surface area (Å²) in [6.45, 7) is 5.45. The summed E-state index contributed by atoms with van der Waals surface area (Å²) in [6, 6.07) is 0. The van der Waals surface area contributed by atoms with E-state index in [1.165, 1.54) is 51.4 Å². The van der Waals surface area contributed by atoms with Crippen LogP contribution in [0.15, 0.2) is 11.6 Å². The minimum Gasteiger partial charge on any atom is -0.458 e. The predicted octanol–water partition coefficient (Wildman–Crippen LogP) is 4.49. The molecule has 4 fully saturated rings. The van der Waals surface area contributed by atoms with Gasteiger partial charge < -0.3 is 9.84 Å². The van der Waals surface area contributed by atoms with Gasteiger partial charge in [0, 0.05) is 6.08 Å². The number of esters is 1. The molecule has 5 rings (SSSR count). The molecule has 0 spiro atoms. The first kappa shape index (κ1) is 17.3. The van der Waals surface area contributed by atoms with E-state index < -0.39 is 0 Å². The lowest BCUT2D eigenvalue weighted by Gasteiger charge is -2.60. The Morgan fingerprint density at radius 1 is 1.08 bits per heavy atom. The standard InChI is InChI=1S/C23H34O3/c1-22-9-4-3-5-15(22)6-7-16-17(22)8-10-23(2)18(12-19(24)21(16)23)14-11-20(25)26-13-14/h11,15-19,21,24H,3-10,12-13H2,1-2H3/t15-,16-,17+,18-,19-,21-,22+,23-/m1/s1. The SMILES string of the molecule is C[C@]12CC[C@H]3[C@@H](CC[C@H]4CCCC[C@@]43C)[C@@H]1[C@H](O)C[C@@H]2C1=CC(=O)OC1. The maximum absolute atomic E-state index is 11.6. The van der Waals surface area contributed by atoms with Gasteiger partial charge in [0.05, 0.1) is 6.10 Å². The van der Waals surface area contributed by atoms with Crippen LogP contribution in [0, 0.1) is 40.4 Å². The van der Waals surface area contributed by atoms with Crippen molar-refractivity contribution in [3.05, 3.63) is 11.6 Å². The molecule has 0 unspecified atom stereocenters. The van der Waals surface area contributed by atoms with Crippen LogP contribution in [0.1, 0.15) is 71.6 Å². The summed E-state index contributed by atoms with van der Waals surface area (Å²) in [6.07, 6.45) is 13.2. The van der Waals surface area contributed by atoms with Crippen molar-refractivity contribution >= 4 is 5.97 Å². The van der Waals surface area contributed by atoms with Crippen LogP contribution in [0.5, 0.6) is 0 Å². The third kappa shape index (κ3) is 2.25. The first-order valence-electron chi connectivity index (χ1n) is 11.0. The first-order chi connectivity index (χ1) is 12.4. The van der Waals surface area contributed by atoms with Gasteiger partial charge in [-0.05, 0) is 90.9 Å². The fraction of sp³-hybridized carbons (Fsp3) is 0.870. The molecule has 1 aliphatic heterocycles. The lowest BCUT2D eigenvalue weighted by Crippen LogP contribution is -2.54. The number of rotatable bonds is 1. The highest BCUT2D eigenvalue weighted by Gasteiger charge is 2.62. The molecule has 3 nitrogen and oxygen atoms in total. The van der Waals surface area contributed by atoms with E-state index in [9.17, 15) is 9.90 Å². The second kappa shape index (κ2) is 5.83. The Bertz CT molecular complexity index is 639. The largest absolute Gasteiger partial charge is 0.458 e. The molecule has 1 N–H and O–H groups in total. The molecule has 3 heteroatoms. The summed E-state index contributed by atoms with van der Waals surface area (Å²) in [5.41, 5.74) is 1.79. The van der Waals surface area contributed by atoms with Crippen LogP contribution in [0.4, 0.5) is 0 Å². The fourth-order valence-electron chi connectivity index (χ4n) is 8.53. The Balaban J connectivity index is 1.47. The van der Waals surface area contributed by atoms with Gasteiger partial charge in [0.1, 0.15) is 6.61 Å². The van der Waals surface area contributed by atoms with Gasteiger partial charge in [-0.1, -0.05) is 26.7 Å². The number of aliphatic hydroxyl groups excluding tert-OH is 1. The topological polar surface area (TPSA) is 46.5 Å². The van der Waals surface area contributed by atoms with Crippen molar-refractivity contribution in [1.82, 2.24) is 0 Å². The summed E-state index contributed by atoms with van der Waals surface area (Å²) in [7, 11) is 0. The van der Waals surface area contributed by atoms with Crippen molar-refractivity contribution in [2.45, 2.75) is 77.7 Å². The molecule has 4 aliphatic carbocycles. The van der Waals surface area contributed by atoms with E-state index in [0.717, 1.165) is 23.8 Å². The maximum atomic E-state index is 11.6. The highest BCUT2D eigenvalue weighted by Crippen LogP contribution is 2.68. The van der Waals surface area contributed by atoms with Crippen molar-refractivity contribution in [3.63, 3.8) is 0 Å². The molecule has 1 heterocycles. The Hall–Kier alpha value is -0.830. The molecule has 8 atom stereocenters. The number of aliphatic hydroxyl groups is 1. The number of carbonyl (C=O) groups is 1. The van der Waals surface area contributed by atoms with Gasteiger partial charge in [-0.3, -0.25) is 0 Å². The molecule has 5 aliphatic rings. The molecule has 144 valence electrons. The molecule has 0 bridgehead atoms. The van der Waals surface area contributed by atoms with Gasteiger partial charge in [-0.25, -0.2) is 4.79 Å². The van der Waals surface area contributed by atoms with E-state index in [4.69, 9.17) is 4.74 Å². The molecular formula is C23H34O3. The van der Waals surface area contributed by atoms with Gasteiger partial charge in [-0.2, -0.15) is 0 Å². The number of ether oxygens (including phenoxy) is 1. The lowest BCUT2D eigenvalue weighted by molar-refractivity contribution is -0.135. The van der Waals surface area contributed by atoms with Crippen LogP contribution >= 0.6 is 0 Å². The van der Waals surface area contributed by atoms with Crippen LogP contribution < -0.4 is 0 Å². The number of cyclic esters (lactones) is 1. The third-order valence-electron chi connectivity index (χ3n) is 9.70. The summed E-state index contributed by atoms with van der Waals surface area (Å²) in [5.74, 6) is 2.93. The minimum atomic E-state index is -0.210. The zero-order valence-electron chi connectivity index (χ0n) is 16.4. The van der Waals surface area contributed by atoms with Gasteiger partial charge >= 0.3 is 5.97 Å². The lowest BCUT2D eigenvalue weighted by atomic mass is 9.44. The number of fused-ring (bicyclic) bond motifs is 5. The second-order valence-corrected chi connectivity index (χ2v) is 10.5. The summed E-state index contributed by atoms with van der Waals surface area (Å²) in [5, 5.41) is 11.2. The smallest absolute Gasteiger partial charge is 0.331 e. The van der Waals surface area contributed by atoms with Crippen LogP contribution in [0.25, 0.3) is 0 Å². The van der Waals surface area contributed by atoms with E-state index in [-0.39, 0.29) is 17.5 Å². The number of hydrogen-bond acceptors (Lipinski definition) is 3. The average molecular weight is 359 g/mol. The van der Waals surface area contributed by atoms with E-state index in [1.54, 1.807) is 6.08 Å². The van der Waals surface area contributed by atoms with Gasteiger partial charge in [-0.15, -0.1) is 0 Å². The molecular weight excluding hydrogens is 324 g/mol. The van der Waals surface area contributed by atoms with E-state index in [0.29, 0.717) is 29.8 Å². The summed E-state index contributed by atoms with van der Waals surface area (Å²) in [4.78, 5) is 11.6. The van der Waals surface area contributed by atoms with Crippen molar-refractivity contribution in [2.75, 3.05) is 6.61 Å². The predicted molar refractivity (Wildman–Crippen MR) is 100 cm³/mol. The molecule has 0 radical (unpaired) electrons. The zero-order valence-corrected chi connectivity index (χ0v) is 16.4. The van der Waals surface area contributed by atoms with Crippen LogP contribution in [-0.4, -0.2) is 23.8 Å². The Kier molecular flexibility index (Phi) is 3.88. The van der Waals surface area contributed by atoms with Gasteiger partial charge in [0.25, 0.3) is 0 Å². The molecule has 0 saturated heterocycles. The van der Waals surface area contributed by atoms with E-state index >= 15 is 0 Å². The van der Waals surface area contributed by atoms with Gasteiger partial charge in [0.2, 0.25) is 0 Å². The van der Waals surface area contributed by atoms with Crippen molar-refractivity contribution < 1.29 is 14.6 Å². The van der Waals surface area contributed by atoms with Crippen molar-refractivity contribution in [2.24, 2.45) is 40.4 Å². The summed E-state index contributed by atoms with van der Waals surface area (Å²) >= 11 is 0. The average Bonchev–Trinajstić information content (AvgIpc) is 3.15. The third-order valence-corrected chi connectivity index (χ3v) is 9.70. The normalized spacial score (nSPS) is 53.3. The Labute approximate surface area is 157 Å². The first-order valence-corrected chi connectivity index (χ1v) is 11.0. The molecule has 0 amide bonds. The highest BCUT2D eigenvalue weighted by atomic mass is 16.5. The molecule has 0 aromatic rings. The van der Waals surface area contributed by atoms with Crippen molar-refractivity contribution in [1.29, 1.82) is 0 Å². The Morgan fingerprint density at radius 3 is 2.69 bits per heavy atom. The van der Waals surface area contributed by atoms with Crippen molar-refractivity contribution in [3.8, 4) is 0 Å². The van der Waals surface area contributed by atoms with Gasteiger partial charge in [0.15, 0.2) is 0 Å². The number of hydrogen-bond donors (Lipinski definition) is 1. The van der Waals surface area contributed by atoms with Crippen LogP contribution in [-0.2, 0) is 9.53 Å². The monoisotopic (exact) mass is 358 g/mol. The molecule has 26 heavy (non-hydrogen) atoms. The number of carbonyl (C=O) groups excluding carboxylic acids is 1.